The van der Waals surface area contributed by atoms with E-state index in [9.17, 15) is 9.18 Å². The third kappa shape index (κ3) is 3.21. The number of rotatable bonds is 5. The van der Waals surface area contributed by atoms with Crippen LogP contribution in [0.1, 0.15) is 25.8 Å². The van der Waals surface area contributed by atoms with Gasteiger partial charge >= 0.3 is 0 Å². The summed E-state index contributed by atoms with van der Waals surface area (Å²) in [5.41, 5.74) is 0.972. The number of aromatic amines is 1. The number of amides is 1. The Morgan fingerprint density at radius 2 is 2.12 bits per heavy atom. The second-order valence-corrected chi connectivity index (χ2v) is 8.64. The number of hydrogen-bond donors (Lipinski definition) is 2. The molecular weight excluding hydrogens is 442 g/mol. The Hall–Kier alpha value is -3.11. The molecule has 0 bridgehead atoms. The molecule has 4 aromatic rings. The highest BCUT2D eigenvalue weighted by atomic mass is 35.5. The van der Waals surface area contributed by atoms with Gasteiger partial charge in [0.2, 0.25) is 5.91 Å². The normalized spacial score (nSPS) is 18.4. The molecule has 11 heteroatoms. The summed E-state index contributed by atoms with van der Waals surface area (Å²) in [4.78, 5) is 20.7. The van der Waals surface area contributed by atoms with Gasteiger partial charge in [-0.1, -0.05) is 11.6 Å². The smallest absolute Gasteiger partial charge is 0.231 e. The first kappa shape index (κ1) is 20.8. The molecule has 1 amide bonds. The van der Waals surface area contributed by atoms with Crippen molar-refractivity contribution in [2.24, 2.45) is 5.92 Å². The molecule has 3 aromatic heterocycles. The zero-order valence-corrected chi connectivity index (χ0v) is 18.2. The fraction of sp³-hybridized carbons (Fsp3) is 0.333. The van der Waals surface area contributed by atoms with E-state index in [0.29, 0.717) is 27.8 Å². The Kier molecular flexibility index (Phi) is 4.68. The number of anilines is 1. The van der Waals surface area contributed by atoms with Crippen LogP contribution in [0.3, 0.4) is 0 Å². The van der Waals surface area contributed by atoms with E-state index in [4.69, 9.17) is 16.3 Å². The standard InChI is InChI=1S/C21H19ClF2N6O2/c1-21(2,32-3)16-18(24)17(22)15(10-5-26-29-19(10)16)12-7-30-8-13(27-14(30)6-25-12)28-20(31)9-4-11(9)23/h5-9,11H,4H2,1-3H3,(H,26,29)(H,28,31). The van der Waals surface area contributed by atoms with E-state index in [2.05, 4.69) is 25.5 Å². The van der Waals surface area contributed by atoms with E-state index in [0.717, 1.165) is 0 Å². The predicted molar refractivity (Wildman–Crippen MR) is 115 cm³/mol. The highest BCUT2D eigenvalue weighted by Gasteiger charge is 2.43. The van der Waals surface area contributed by atoms with Crippen molar-refractivity contribution in [3.63, 3.8) is 0 Å². The number of fused-ring (bicyclic) bond motifs is 2. The van der Waals surface area contributed by atoms with Crippen molar-refractivity contribution in [1.29, 1.82) is 0 Å². The first-order valence-corrected chi connectivity index (χ1v) is 10.3. The molecule has 3 heterocycles. The number of benzene rings is 1. The summed E-state index contributed by atoms with van der Waals surface area (Å²) in [5, 5.41) is 9.99. The highest BCUT2D eigenvalue weighted by Crippen LogP contribution is 2.42. The van der Waals surface area contributed by atoms with Gasteiger partial charge in [0.25, 0.3) is 0 Å². The molecule has 0 aliphatic heterocycles. The number of methoxy groups -OCH3 is 1. The van der Waals surface area contributed by atoms with Crippen LogP contribution in [-0.2, 0) is 15.1 Å². The average molecular weight is 461 g/mol. The molecular formula is C21H19ClF2N6O2. The van der Waals surface area contributed by atoms with Gasteiger partial charge in [0.1, 0.15) is 6.17 Å². The number of nitrogens with zero attached hydrogens (tertiary/aromatic N) is 4. The van der Waals surface area contributed by atoms with E-state index < -0.39 is 29.4 Å². The Labute approximate surface area is 185 Å². The molecule has 1 aliphatic carbocycles. The van der Waals surface area contributed by atoms with Crippen LogP contribution in [0.25, 0.3) is 27.8 Å². The number of aromatic nitrogens is 5. The zero-order valence-electron chi connectivity index (χ0n) is 17.4. The number of halogens is 3. The van der Waals surface area contributed by atoms with E-state index in [1.165, 1.54) is 13.3 Å². The summed E-state index contributed by atoms with van der Waals surface area (Å²) in [7, 11) is 1.49. The van der Waals surface area contributed by atoms with Crippen LogP contribution < -0.4 is 5.32 Å². The maximum atomic E-state index is 15.4. The summed E-state index contributed by atoms with van der Waals surface area (Å²) >= 11 is 6.48. The average Bonchev–Trinajstić information content (AvgIpc) is 3.11. The minimum atomic E-state index is -1.10. The number of imidazole rings is 1. The minimum Gasteiger partial charge on any atom is -0.374 e. The number of carbonyl (C=O) groups is 1. The fourth-order valence-corrected chi connectivity index (χ4v) is 4.07. The molecule has 1 saturated carbocycles. The maximum absolute atomic E-state index is 15.4. The summed E-state index contributed by atoms with van der Waals surface area (Å²) in [6, 6.07) is 0. The number of ether oxygens (including phenoxy) is 1. The topological polar surface area (TPSA) is 97.2 Å². The summed E-state index contributed by atoms with van der Waals surface area (Å²) in [5.74, 6) is -1.39. The highest BCUT2D eigenvalue weighted by molar-refractivity contribution is 6.35. The third-order valence-corrected chi connectivity index (χ3v) is 6.16. The van der Waals surface area contributed by atoms with Gasteiger partial charge in [-0.3, -0.25) is 14.9 Å². The SMILES string of the molecule is COC(C)(C)c1c(F)c(Cl)c(-c2cn3cc(NC(=O)C4CC4F)nc3cn2)c2cn[nH]c12. The van der Waals surface area contributed by atoms with E-state index in [1.54, 1.807) is 36.8 Å². The van der Waals surface area contributed by atoms with Crippen LogP contribution in [0, 0.1) is 11.7 Å². The van der Waals surface area contributed by atoms with Gasteiger partial charge < -0.3 is 14.5 Å². The Morgan fingerprint density at radius 3 is 2.81 bits per heavy atom. The van der Waals surface area contributed by atoms with Gasteiger partial charge in [0.05, 0.1) is 46.3 Å². The fourth-order valence-electron chi connectivity index (χ4n) is 3.77. The molecule has 0 spiro atoms. The lowest BCUT2D eigenvalue weighted by Gasteiger charge is -2.25. The van der Waals surface area contributed by atoms with Crippen LogP contribution in [-0.4, -0.2) is 43.8 Å². The molecule has 32 heavy (non-hydrogen) atoms. The number of alkyl halides is 1. The van der Waals surface area contributed by atoms with E-state index in [1.807, 2.05) is 0 Å². The zero-order chi connectivity index (χ0) is 22.8. The predicted octanol–water partition coefficient (Wildman–Crippen LogP) is 4.24. The van der Waals surface area contributed by atoms with E-state index in [-0.39, 0.29) is 22.8 Å². The van der Waals surface area contributed by atoms with Crippen LogP contribution in [0.2, 0.25) is 5.02 Å². The van der Waals surface area contributed by atoms with Gasteiger partial charge in [0.15, 0.2) is 17.3 Å². The number of nitrogens with one attached hydrogen (secondary N) is 2. The lowest BCUT2D eigenvalue weighted by molar-refractivity contribution is -0.117. The first-order chi connectivity index (χ1) is 15.2. The Balaban J connectivity index is 1.60. The van der Waals surface area contributed by atoms with Crippen molar-refractivity contribution in [2.75, 3.05) is 12.4 Å². The van der Waals surface area contributed by atoms with Crippen molar-refractivity contribution in [1.82, 2.24) is 24.6 Å². The summed E-state index contributed by atoms with van der Waals surface area (Å²) in [6.07, 6.45) is 5.37. The second kappa shape index (κ2) is 7.21. The Bertz CT molecular complexity index is 1380. The van der Waals surface area contributed by atoms with Crippen LogP contribution in [0.15, 0.2) is 24.8 Å². The molecule has 166 valence electrons. The second-order valence-electron chi connectivity index (χ2n) is 8.26. The maximum Gasteiger partial charge on any atom is 0.231 e. The van der Waals surface area contributed by atoms with E-state index >= 15 is 4.39 Å². The van der Waals surface area contributed by atoms with Crippen molar-refractivity contribution in [3.8, 4) is 11.3 Å². The molecule has 1 aromatic carbocycles. The molecule has 2 atom stereocenters. The van der Waals surface area contributed by atoms with Crippen LogP contribution >= 0.6 is 11.6 Å². The minimum absolute atomic E-state index is 0.109. The third-order valence-electron chi connectivity index (χ3n) is 5.80. The monoisotopic (exact) mass is 460 g/mol. The Morgan fingerprint density at radius 1 is 1.38 bits per heavy atom. The van der Waals surface area contributed by atoms with Gasteiger partial charge in [0, 0.05) is 29.8 Å². The molecule has 8 nitrogen and oxygen atoms in total. The van der Waals surface area contributed by atoms with Crippen LogP contribution in [0.4, 0.5) is 14.6 Å². The summed E-state index contributed by atoms with van der Waals surface area (Å²) < 4.78 is 35.6. The van der Waals surface area contributed by atoms with Gasteiger partial charge in [-0.25, -0.2) is 13.8 Å². The molecule has 1 fully saturated rings. The van der Waals surface area contributed by atoms with Crippen molar-refractivity contribution in [2.45, 2.75) is 32.0 Å². The number of hydrogen-bond acceptors (Lipinski definition) is 5. The molecule has 0 saturated heterocycles. The number of H-pyrrole nitrogens is 1. The lowest BCUT2D eigenvalue weighted by Crippen LogP contribution is -2.22. The van der Waals surface area contributed by atoms with Gasteiger partial charge in [-0.2, -0.15) is 5.10 Å². The molecule has 5 rings (SSSR count). The molecule has 2 N–H and O–H groups in total. The molecule has 2 unspecified atom stereocenters. The van der Waals surface area contributed by atoms with Gasteiger partial charge in [-0.15, -0.1) is 0 Å². The van der Waals surface area contributed by atoms with Crippen molar-refractivity contribution in [3.05, 3.63) is 41.2 Å². The van der Waals surface area contributed by atoms with Gasteiger partial charge in [-0.05, 0) is 20.3 Å². The quantitative estimate of drug-likeness (QED) is 0.464. The van der Waals surface area contributed by atoms with Crippen LogP contribution in [0.5, 0.6) is 0 Å². The lowest BCUT2D eigenvalue weighted by atomic mass is 9.92. The molecule has 0 radical (unpaired) electrons. The largest absolute Gasteiger partial charge is 0.374 e. The summed E-state index contributed by atoms with van der Waals surface area (Å²) in [6.45, 7) is 3.47. The van der Waals surface area contributed by atoms with Crippen molar-refractivity contribution >= 4 is 39.9 Å². The van der Waals surface area contributed by atoms with Crippen molar-refractivity contribution < 1.29 is 18.3 Å². The first-order valence-electron chi connectivity index (χ1n) is 9.91. The molecule has 1 aliphatic rings. The number of carbonyl (C=O) groups excluding carboxylic acids is 1.